The number of amides is 2. The second-order valence-electron chi connectivity index (χ2n) is 11.9. The SMILES string of the molecule is COC(=O)N(C)C(C(=O)Nc1cccc(F)c1CCC1CNCC(C)N1S(=O)(=O)C1CC1)C(c1ccc(Cl)cc1)C(C)C. The molecule has 0 bridgehead atoms. The summed E-state index contributed by atoms with van der Waals surface area (Å²) in [7, 11) is -0.688. The molecule has 236 valence electrons. The van der Waals surface area contributed by atoms with Crippen molar-refractivity contribution in [2.24, 2.45) is 5.92 Å². The van der Waals surface area contributed by atoms with E-state index in [2.05, 4.69) is 10.6 Å². The molecule has 2 aromatic rings. The minimum absolute atomic E-state index is 0.0730. The van der Waals surface area contributed by atoms with Crippen LogP contribution in [-0.4, -0.2) is 80.2 Å². The molecule has 1 aliphatic carbocycles. The van der Waals surface area contributed by atoms with E-state index in [1.807, 2.05) is 32.9 Å². The molecular formula is C31H42ClFN4O5S. The third-order valence-electron chi connectivity index (χ3n) is 8.42. The lowest BCUT2D eigenvalue weighted by Crippen LogP contribution is -2.59. The summed E-state index contributed by atoms with van der Waals surface area (Å²) < 4.78 is 48.4. The molecule has 1 heterocycles. The number of likely N-dealkylation sites (N-methyl/N-ethyl adjacent to an activating group) is 1. The zero-order valence-electron chi connectivity index (χ0n) is 25.3. The molecule has 2 amide bonds. The Kier molecular flexibility index (Phi) is 10.7. The van der Waals surface area contributed by atoms with E-state index in [9.17, 15) is 18.0 Å². The van der Waals surface area contributed by atoms with Crippen molar-refractivity contribution in [3.63, 3.8) is 0 Å². The summed E-state index contributed by atoms with van der Waals surface area (Å²) in [6.07, 6.45) is 1.24. The smallest absolute Gasteiger partial charge is 0.409 e. The molecule has 1 saturated carbocycles. The number of piperazine rings is 1. The molecule has 2 aromatic carbocycles. The van der Waals surface area contributed by atoms with Crippen molar-refractivity contribution in [3.05, 3.63) is 64.4 Å². The van der Waals surface area contributed by atoms with Gasteiger partial charge < -0.3 is 15.4 Å². The van der Waals surface area contributed by atoms with Crippen LogP contribution in [0.25, 0.3) is 0 Å². The Labute approximate surface area is 259 Å². The first-order chi connectivity index (χ1) is 20.4. The molecule has 1 saturated heterocycles. The van der Waals surface area contributed by atoms with E-state index in [1.54, 1.807) is 22.5 Å². The Bertz CT molecular complexity index is 1400. The van der Waals surface area contributed by atoms with E-state index >= 15 is 4.39 Å². The van der Waals surface area contributed by atoms with Gasteiger partial charge in [0.2, 0.25) is 15.9 Å². The quantitative estimate of drug-likeness (QED) is 0.359. The van der Waals surface area contributed by atoms with E-state index in [0.29, 0.717) is 37.4 Å². The normalized spacial score (nSPS) is 20.8. The van der Waals surface area contributed by atoms with Crippen LogP contribution in [0.1, 0.15) is 57.1 Å². The van der Waals surface area contributed by atoms with Gasteiger partial charge in [0.15, 0.2) is 0 Å². The van der Waals surface area contributed by atoms with Crippen molar-refractivity contribution >= 4 is 39.3 Å². The highest BCUT2D eigenvalue weighted by Crippen LogP contribution is 2.36. The van der Waals surface area contributed by atoms with Crippen LogP contribution in [0, 0.1) is 11.7 Å². The lowest BCUT2D eigenvalue weighted by Gasteiger charge is -2.40. The third-order valence-corrected chi connectivity index (χ3v) is 11.2. The van der Waals surface area contributed by atoms with Crippen LogP contribution >= 0.6 is 11.6 Å². The van der Waals surface area contributed by atoms with Crippen LogP contribution in [0.5, 0.6) is 0 Å². The molecule has 0 radical (unpaired) electrons. The lowest BCUT2D eigenvalue weighted by molar-refractivity contribution is -0.121. The van der Waals surface area contributed by atoms with Crippen LogP contribution < -0.4 is 10.6 Å². The Morgan fingerprint density at radius 2 is 1.84 bits per heavy atom. The average Bonchev–Trinajstić information content (AvgIpc) is 3.82. The van der Waals surface area contributed by atoms with Crippen LogP contribution in [0.15, 0.2) is 42.5 Å². The van der Waals surface area contributed by atoms with Crippen molar-refractivity contribution in [2.75, 3.05) is 32.6 Å². The molecule has 2 aliphatic rings. The summed E-state index contributed by atoms with van der Waals surface area (Å²) in [5, 5.41) is 6.40. The lowest BCUT2D eigenvalue weighted by atomic mass is 9.81. The first kappa shape index (κ1) is 33.2. The monoisotopic (exact) mass is 636 g/mol. The van der Waals surface area contributed by atoms with E-state index in [1.165, 1.54) is 31.2 Å². The van der Waals surface area contributed by atoms with E-state index in [4.69, 9.17) is 16.3 Å². The van der Waals surface area contributed by atoms with Crippen LogP contribution in [-0.2, 0) is 26.0 Å². The number of sulfonamides is 1. The number of hydrogen-bond donors (Lipinski definition) is 2. The summed E-state index contributed by atoms with van der Waals surface area (Å²) in [6, 6.07) is 10.0. The minimum atomic E-state index is -3.44. The van der Waals surface area contributed by atoms with Crippen molar-refractivity contribution in [3.8, 4) is 0 Å². The zero-order valence-corrected chi connectivity index (χ0v) is 26.9. The predicted molar refractivity (Wildman–Crippen MR) is 166 cm³/mol. The van der Waals surface area contributed by atoms with Crippen LogP contribution in [0.2, 0.25) is 5.02 Å². The van der Waals surface area contributed by atoms with Crippen molar-refractivity contribution in [2.45, 2.75) is 75.7 Å². The molecule has 4 rings (SSSR count). The van der Waals surface area contributed by atoms with Gasteiger partial charge in [-0.25, -0.2) is 17.6 Å². The van der Waals surface area contributed by atoms with Crippen LogP contribution in [0.4, 0.5) is 14.9 Å². The third kappa shape index (κ3) is 7.50. The van der Waals surface area contributed by atoms with Gasteiger partial charge in [-0.1, -0.05) is 43.6 Å². The summed E-state index contributed by atoms with van der Waals surface area (Å²) in [5.41, 5.74) is 1.37. The van der Waals surface area contributed by atoms with Crippen LogP contribution in [0.3, 0.4) is 0 Å². The first-order valence-electron chi connectivity index (χ1n) is 14.7. The van der Waals surface area contributed by atoms with Crippen molar-refractivity contribution in [1.82, 2.24) is 14.5 Å². The number of benzene rings is 2. The van der Waals surface area contributed by atoms with Gasteiger partial charge in [0.1, 0.15) is 11.9 Å². The fraction of sp³-hybridized carbons (Fsp3) is 0.548. The number of halogens is 2. The van der Waals surface area contributed by atoms with E-state index < -0.39 is 39.8 Å². The maximum Gasteiger partial charge on any atom is 0.409 e. The van der Waals surface area contributed by atoms with Gasteiger partial charge in [-0.15, -0.1) is 0 Å². The number of rotatable bonds is 11. The highest BCUT2D eigenvalue weighted by atomic mass is 35.5. The second kappa shape index (κ2) is 13.9. The molecule has 4 atom stereocenters. The predicted octanol–water partition coefficient (Wildman–Crippen LogP) is 5.01. The topological polar surface area (TPSA) is 108 Å². The Hall–Kier alpha value is -2.73. The number of ether oxygens (including phenoxy) is 1. The number of carbonyl (C=O) groups is 2. The van der Waals surface area contributed by atoms with E-state index in [0.717, 1.165) is 5.56 Å². The molecule has 0 spiro atoms. The summed E-state index contributed by atoms with van der Waals surface area (Å²) in [6.45, 7) is 6.83. The van der Waals surface area contributed by atoms with Gasteiger partial charge in [-0.2, -0.15) is 4.31 Å². The van der Waals surface area contributed by atoms with Gasteiger partial charge in [0.05, 0.1) is 12.4 Å². The average molecular weight is 637 g/mol. The molecule has 0 aromatic heterocycles. The molecule has 9 nitrogen and oxygen atoms in total. The number of methoxy groups -OCH3 is 1. The molecule has 12 heteroatoms. The standard InChI is InChI=1S/C31H42ClFN4O5S/c1-19(2)28(21-9-11-22(32)12-10-21)29(36(4)31(39)42-5)30(38)35-27-8-6-7-26(33)25(27)16-13-23-18-34-17-20(3)37(23)43(40,41)24-14-15-24/h6-12,19-20,23-24,28-29,34H,13-18H2,1-5H3,(H,35,38). The number of anilines is 1. The van der Waals surface area contributed by atoms with Gasteiger partial charge in [0, 0.05) is 54.4 Å². The van der Waals surface area contributed by atoms with Gasteiger partial charge in [-0.3, -0.25) is 9.69 Å². The molecule has 43 heavy (non-hydrogen) atoms. The molecular weight excluding hydrogens is 595 g/mol. The van der Waals surface area contributed by atoms with Gasteiger partial charge >= 0.3 is 6.09 Å². The molecule has 1 aliphatic heterocycles. The van der Waals surface area contributed by atoms with E-state index in [-0.39, 0.29) is 40.9 Å². The second-order valence-corrected chi connectivity index (χ2v) is 14.4. The fourth-order valence-electron chi connectivity index (χ4n) is 6.13. The zero-order chi connectivity index (χ0) is 31.5. The van der Waals surface area contributed by atoms with Gasteiger partial charge in [0.25, 0.3) is 0 Å². The highest BCUT2D eigenvalue weighted by Gasteiger charge is 2.46. The summed E-state index contributed by atoms with van der Waals surface area (Å²) in [5.74, 6) is -1.51. The highest BCUT2D eigenvalue weighted by molar-refractivity contribution is 7.90. The first-order valence-corrected chi connectivity index (χ1v) is 16.6. The molecule has 2 fully saturated rings. The molecule has 4 unspecified atom stereocenters. The van der Waals surface area contributed by atoms with Crippen molar-refractivity contribution < 1.29 is 27.1 Å². The Morgan fingerprint density at radius 1 is 1.16 bits per heavy atom. The maximum atomic E-state index is 15.3. The Morgan fingerprint density at radius 3 is 2.44 bits per heavy atom. The number of nitrogens with zero attached hydrogens (tertiary/aromatic N) is 2. The molecule has 2 N–H and O–H groups in total. The summed E-state index contributed by atoms with van der Waals surface area (Å²) in [4.78, 5) is 28.0. The number of carbonyl (C=O) groups excluding carboxylic acids is 2. The largest absolute Gasteiger partial charge is 0.453 e. The fourth-order valence-corrected chi connectivity index (χ4v) is 8.50. The summed E-state index contributed by atoms with van der Waals surface area (Å²) >= 11 is 6.12. The maximum absolute atomic E-state index is 15.3. The number of hydrogen-bond acceptors (Lipinski definition) is 6. The Balaban J connectivity index is 1.62. The number of nitrogens with one attached hydrogen (secondary N) is 2. The minimum Gasteiger partial charge on any atom is -0.453 e. The van der Waals surface area contributed by atoms with Crippen molar-refractivity contribution in [1.29, 1.82) is 0 Å². The van der Waals surface area contributed by atoms with Gasteiger partial charge in [-0.05, 0) is 68.4 Å².